The van der Waals surface area contributed by atoms with Crippen molar-refractivity contribution in [3.8, 4) is 0 Å². The van der Waals surface area contributed by atoms with E-state index in [0.29, 0.717) is 18.1 Å². The Kier molecular flexibility index (Phi) is 2.46. The Morgan fingerprint density at radius 2 is 2.25 bits per heavy atom. The fraction of sp³-hybridized carbons (Fsp3) is 0.308. The fourth-order valence-corrected chi connectivity index (χ4v) is 2.50. The molecule has 3 aromatic rings. The van der Waals surface area contributed by atoms with Crippen molar-refractivity contribution in [1.29, 1.82) is 0 Å². The minimum absolute atomic E-state index is 0.668. The smallest absolute Gasteiger partial charge is 0.209 e. The second-order valence-electron chi connectivity index (χ2n) is 4.99. The standard InChI is InChI=1S/C13H14N6O/c14-9-1-2-11-10(5-9)16-13(20-11)7-18-3-4-19-8-15-17-12(19)6-18/h1-2,5,8H,3-4,6-7,14H2. The second kappa shape index (κ2) is 4.31. The SMILES string of the molecule is Nc1ccc2oc(CN3CCn4cnnc4C3)nc2c1. The molecule has 3 heterocycles. The molecule has 1 aromatic carbocycles. The molecular weight excluding hydrogens is 256 g/mol. The van der Waals surface area contributed by atoms with Crippen molar-refractivity contribution >= 4 is 16.8 Å². The molecule has 0 radical (unpaired) electrons. The van der Waals surface area contributed by atoms with E-state index in [-0.39, 0.29) is 0 Å². The lowest BCUT2D eigenvalue weighted by molar-refractivity contribution is 0.192. The number of nitrogens with two attached hydrogens (primary N) is 1. The predicted molar refractivity (Wildman–Crippen MR) is 72.6 cm³/mol. The highest BCUT2D eigenvalue weighted by molar-refractivity contribution is 5.76. The van der Waals surface area contributed by atoms with Crippen LogP contribution in [0.3, 0.4) is 0 Å². The summed E-state index contributed by atoms with van der Waals surface area (Å²) < 4.78 is 7.82. The Bertz CT molecular complexity index is 761. The summed E-state index contributed by atoms with van der Waals surface area (Å²) in [4.78, 5) is 6.73. The van der Waals surface area contributed by atoms with Crippen LogP contribution in [-0.4, -0.2) is 31.2 Å². The molecule has 0 fully saturated rings. The van der Waals surface area contributed by atoms with Gasteiger partial charge in [-0.3, -0.25) is 4.90 Å². The van der Waals surface area contributed by atoms with Gasteiger partial charge in [0.15, 0.2) is 5.58 Å². The van der Waals surface area contributed by atoms with E-state index in [4.69, 9.17) is 10.2 Å². The molecule has 7 heteroatoms. The van der Waals surface area contributed by atoms with Gasteiger partial charge in [0.2, 0.25) is 5.89 Å². The van der Waals surface area contributed by atoms with Crippen LogP contribution in [-0.2, 0) is 19.6 Å². The van der Waals surface area contributed by atoms with Crippen molar-refractivity contribution in [3.63, 3.8) is 0 Å². The third-order valence-electron chi connectivity index (χ3n) is 3.53. The first kappa shape index (κ1) is 11.4. The van der Waals surface area contributed by atoms with Gasteiger partial charge in [-0.2, -0.15) is 0 Å². The van der Waals surface area contributed by atoms with E-state index in [1.54, 1.807) is 6.33 Å². The maximum Gasteiger partial charge on any atom is 0.209 e. The molecule has 2 aromatic heterocycles. The number of benzene rings is 1. The van der Waals surface area contributed by atoms with E-state index in [1.807, 2.05) is 18.2 Å². The Hall–Kier alpha value is -2.41. The number of aromatic nitrogens is 4. The van der Waals surface area contributed by atoms with Gasteiger partial charge >= 0.3 is 0 Å². The fourth-order valence-electron chi connectivity index (χ4n) is 2.50. The van der Waals surface area contributed by atoms with Crippen molar-refractivity contribution in [3.05, 3.63) is 36.2 Å². The van der Waals surface area contributed by atoms with Gasteiger partial charge in [0.25, 0.3) is 0 Å². The van der Waals surface area contributed by atoms with Crippen LogP contribution in [0.25, 0.3) is 11.1 Å². The van der Waals surface area contributed by atoms with Gasteiger partial charge in [0.05, 0.1) is 13.1 Å². The van der Waals surface area contributed by atoms with Crippen LogP contribution in [0.2, 0.25) is 0 Å². The summed E-state index contributed by atoms with van der Waals surface area (Å²) >= 11 is 0. The second-order valence-corrected chi connectivity index (χ2v) is 4.99. The summed E-state index contributed by atoms with van der Waals surface area (Å²) in [6.45, 7) is 3.27. The average molecular weight is 270 g/mol. The van der Waals surface area contributed by atoms with Gasteiger partial charge in [-0.1, -0.05) is 0 Å². The number of oxazole rings is 1. The minimum atomic E-state index is 0.668. The Balaban J connectivity index is 1.56. The number of nitrogens with zero attached hydrogens (tertiary/aromatic N) is 5. The summed E-state index contributed by atoms with van der Waals surface area (Å²) in [7, 11) is 0. The van der Waals surface area contributed by atoms with E-state index in [9.17, 15) is 0 Å². The number of anilines is 1. The number of rotatable bonds is 2. The molecule has 102 valence electrons. The van der Waals surface area contributed by atoms with Crippen molar-refractivity contribution < 1.29 is 4.42 Å². The Labute approximate surface area is 115 Å². The summed E-state index contributed by atoms with van der Waals surface area (Å²) in [5.41, 5.74) is 8.02. The first-order chi connectivity index (χ1) is 9.78. The first-order valence-corrected chi connectivity index (χ1v) is 6.52. The monoisotopic (exact) mass is 270 g/mol. The van der Waals surface area contributed by atoms with Crippen LogP contribution in [0.15, 0.2) is 28.9 Å². The summed E-state index contributed by atoms with van der Waals surface area (Å²) in [5.74, 6) is 1.69. The number of fused-ring (bicyclic) bond motifs is 2. The van der Waals surface area contributed by atoms with Crippen molar-refractivity contribution in [2.24, 2.45) is 0 Å². The van der Waals surface area contributed by atoms with Crippen molar-refractivity contribution in [1.82, 2.24) is 24.6 Å². The highest BCUT2D eigenvalue weighted by atomic mass is 16.3. The Morgan fingerprint density at radius 1 is 1.30 bits per heavy atom. The van der Waals surface area contributed by atoms with E-state index in [0.717, 1.165) is 36.6 Å². The average Bonchev–Trinajstić information content (AvgIpc) is 3.03. The molecule has 20 heavy (non-hydrogen) atoms. The topological polar surface area (TPSA) is 86.0 Å². The molecule has 7 nitrogen and oxygen atoms in total. The lowest BCUT2D eigenvalue weighted by Crippen LogP contribution is -2.33. The van der Waals surface area contributed by atoms with Gasteiger partial charge in [-0.25, -0.2) is 4.98 Å². The molecule has 1 aliphatic heterocycles. The predicted octanol–water partition coefficient (Wildman–Crippen LogP) is 1.02. The van der Waals surface area contributed by atoms with E-state index < -0.39 is 0 Å². The molecule has 0 saturated carbocycles. The first-order valence-electron chi connectivity index (χ1n) is 6.52. The van der Waals surface area contributed by atoms with Crippen LogP contribution in [0.1, 0.15) is 11.7 Å². The van der Waals surface area contributed by atoms with Crippen LogP contribution >= 0.6 is 0 Å². The number of hydrogen-bond donors (Lipinski definition) is 1. The lowest BCUT2D eigenvalue weighted by Gasteiger charge is -2.25. The zero-order chi connectivity index (χ0) is 13.5. The summed E-state index contributed by atoms with van der Waals surface area (Å²) in [6, 6.07) is 5.50. The highest BCUT2D eigenvalue weighted by Gasteiger charge is 2.19. The van der Waals surface area contributed by atoms with Crippen molar-refractivity contribution in [2.45, 2.75) is 19.6 Å². The molecule has 0 spiro atoms. The third-order valence-corrected chi connectivity index (χ3v) is 3.53. The molecule has 1 aliphatic rings. The lowest BCUT2D eigenvalue weighted by atomic mass is 10.3. The summed E-state index contributed by atoms with van der Waals surface area (Å²) in [6.07, 6.45) is 1.77. The number of hydrogen-bond acceptors (Lipinski definition) is 6. The maximum absolute atomic E-state index is 5.75. The third kappa shape index (κ3) is 1.92. The largest absolute Gasteiger partial charge is 0.439 e. The molecular formula is C13H14N6O. The van der Waals surface area contributed by atoms with Gasteiger partial charge in [-0.05, 0) is 18.2 Å². The van der Waals surface area contributed by atoms with Crippen LogP contribution in [0.5, 0.6) is 0 Å². The molecule has 0 aliphatic carbocycles. The molecule has 0 saturated heterocycles. The molecule has 2 N–H and O–H groups in total. The van der Waals surface area contributed by atoms with Gasteiger partial charge in [0.1, 0.15) is 17.7 Å². The normalized spacial score (nSPS) is 15.6. The van der Waals surface area contributed by atoms with Crippen molar-refractivity contribution in [2.75, 3.05) is 12.3 Å². The van der Waals surface area contributed by atoms with E-state index in [2.05, 4.69) is 24.6 Å². The van der Waals surface area contributed by atoms with Gasteiger partial charge in [0, 0.05) is 18.8 Å². The van der Waals surface area contributed by atoms with E-state index >= 15 is 0 Å². The molecule has 0 bridgehead atoms. The van der Waals surface area contributed by atoms with Gasteiger partial charge < -0.3 is 14.7 Å². The maximum atomic E-state index is 5.75. The molecule has 0 amide bonds. The molecule has 0 unspecified atom stereocenters. The van der Waals surface area contributed by atoms with Crippen LogP contribution < -0.4 is 5.73 Å². The molecule has 4 rings (SSSR count). The van der Waals surface area contributed by atoms with E-state index in [1.165, 1.54) is 0 Å². The number of nitrogen functional groups attached to an aromatic ring is 1. The van der Waals surface area contributed by atoms with Crippen LogP contribution in [0, 0.1) is 0 Å². The summed E-state index contributed by atoms with van der Waals surface area (Å²) in [5, 5.41) is 8.03. The minimum Gasteiger partial charge on any atom is -0.439 e. The zero-order valence-electron chi connectivity index (χ0n) is 10.9. The van der Waals surface area contributed by atoms with Gasteiger partial charge in [-0.15, -0.1) is 10.2 Å². The highest BCUT2D eigenvalue weighted by Crippen LogP contribution is 2.20. The molecule has 0 atom stereocenters. The Morgan fingerprint density at radius 3 is 3.20 bits per heavy atom. The van der Waals surface area contributed by atoms with Crippen LogP contribution in [0.4, 0.5) is 5.69 Å². The quantitative estimate of drug-likeness (QED) is 0.700. The zero-order valence-corrected chi connectivity index (χ0v) is 10.9.